The van der Waals surface area contributed by atoms with Gasteiger partial charge in [-0.15, -0.1) is 0 Å². The van der Waals surface area contributed by atoms with Gasteiger partial charge in [-0.3, -0.25) is 14.5 Å². The van der Waals surface area contributed by atoms with Crippen molar-refractivity contribution in [1.82, 2.24) is 20.4 Å². The minimum atomic E-state index is -4.60. The Morgan fingerprint density at radius 1 is 1.07 bits per heavy atom. The largest absolute Gasteiger partial charge is 0.445 e. The summed E-state index contributed by atoms with van der Waals surface area (Å²) in [4.78, 5) is 41.6. The molecule has 1 atom stereocenters. The molecule has 1 aliphatic heterocycles. The minimum absolute atomic E-state index is 0.00495. The zero-order valence-electron chi connectivity index (χ0n) is 24.4. The summed E-state index contributed by atoms with van der Waals surface area (Å²) in [5.41, 5.74) is -0.829. The number of carbonyl (C=O) groups excluding carboxylic acids is 3. The average molecular weight is 605 g/mol. The molecule has 0 aromatic heterocycles. The quantitative estimate of drug-likeness (QED) is 0.191. The van der Waals surface area contributed by atoms with Crippen LogP contribution in [0.25, 0.3) is 0 Å². The Kier molecular flexibility index (Phi) is 12.7. The van der Waals surface area contributed by atoms with E-state index in [9.17, 15) is 31.9 Å². The highest BCUT2D eigenvalue weighted by Crippen LogP contribution is 2.29. The summed E-state index contributed by atoms with van der Waals surface area (Å²) < 4.78 is 68.8. The number of alkyl halides is 3. The van der Waals surface area contributed by atoms with Crippen LogP contribution in [0.5, 0.6) is 0 Å². The van der Waals surface area contributed by atoms with E-state index in [2.05, 4.69) is 11.9 Å². The molecule has 0 bridgehead atoms. The van der Waals surface area contributed by atoms with Crippen LogP contribution in [-0.4, -0.2) is 98.0 Å². The van der Waals surface area contributed by atoms with Gasteiger partial charge in [0.1, 0.15) is 19.0 Å². The molecule has 0 aliphatic carbocycles. The highest BCUT2D eigenvalue weighted by atomic mass is 19.4. The first-order valence-electron chi connectivity index (χ1n) is 13.6. The summed E-state index contributed by atoms with van der Waals surface area (Å²) in [6, 6.07) is 4.80. The summed E-state index contributed by atoms with van der Waals surface area (Å²) >= 11 is 0. The fourth-order valence-electron chi connectivity index (χ4n) is 4.64. The van der Waals surface area contributed by atoms with E-state index >= 15 is 0 Å². The SMILES string of the molecule is C=CCOC(=O)N1CCN(C(C)(C)C(=O)NCC(OCC)(OCC)c2cccc(F)c2)C[C@H]1CC(=O)NCC(F)(F)F. The van der Waals surface area contributed by atoms with E-state index < -0.39 is 60.2 Å². The highest BCUT2D eigenvalue weighted by molar-refractivity contribution is 5.85. The Morgan fingerprint density at radius 3 is 2.31 bits per heavy atom. The third-order valence-corrected chi connectivity index (χ3v) is 6.80. The fraction of sp³-hybridized carbons (Fsp3) is 0.607. The predicted molar refractivity (Wildman–Crippen MR) is 146 cm³/mol. The smallest absolute Gasteiger partial charge is 0.410 e. The van der Waals surface area contributed by atoms with Gasteiger partial charge >= 0.3 is 12.3 Å². The second-order valence-electron chi connectivity index (χ2n) is 10.1. The predicted octanol–water partition coefficient (Wildman–Crippen LogP) is 3.32. The maximum Gasteiger partial charge on any atom is 0.410 e. The Labute approximate surface area is 243 Å². The number of nitrogens with zero attached hydrogens (tertiary/aromatic N) is 2. The van der Waals surface area contributed by atoms with Gasteiger partial charge in [-0.2, -0.15) is 13.2 Å². The summed E-state index contributed by atoms with van der Waals surface area (Å²) in [5.74, 6) is -3.33. The lowest BCUT2D eigenvalue weighted by molar-refractivity contribution is -0.239. The Bertz CT molecular complexity index is 1080. The molecular formula is C28H40F4N4O6. The summed E-state index contributed by atoms with van der Waals surface area (Å²) in [6.07, 6.45) is -4.43. The van der Waals surface area contributed by atoms with Gasteiger partial charge in [0.15, 0.2) is 0 Å². The summed E-state index contributed by atoms with van der Waals surface area (Å²) in [7, 11) is 0. The van der Waals surface area contributed by atoms with E-state index in [4.69, 9.17) is 14.2 Å². The number of piperazine rings is 1. The molecule has 1 aromatic rings. The van der Waals surface area contributed by atoms with E-state index in [0.29, 0.717) is 5.56 Å². The molecule has 10 nitrogen and oxygen atoms in total. The molecule has 1 fully saturated rings. The Balaban J connectivity index is 2.23. The van der Waals surface area contributed by atoms with Gasteiger partial charge in [-0.1, -0.05) is 24.8 Å². The van der Waals surface area contributed by atoms with Crippen LogP contribution in [0.2, 0.25) is 0 Å². The molecule has 1 aliphatic rings. The number of amides is 3. The van der Waals surface area contributed by atoms with Gasteiger partial charge in [0.2, 0.25) is 17.6 Å². The van der Waals surface area contributed by atoms with Gasteiger partial charge in [-0.25, -0.2) is 9.18 Å². The zero-order valence-corrected chi connectivity index (χ0v) is 24.4. The molecule has 42 heavy (non-hydrogen) atoms. The molecule has 3 amide bonds. The fourth-order valence-corrected chi connectivity index (χ4v) is 4.64. The van der Waals surface area contributed by atoms with Gasteiger partial charge in [0.05, 0.1) is 18.1 Å². The number of rotatable bonds is 14. The topological polar surface area (TPSA) is 109 Å². The van der Waals surface area contributed by atoms with Crippen LogP contribution >= 0.6 is 0 Å². The molecule has 0 radical (unpaired) electrons. The first-order chi connectivity index (χ1) is 19.7. The number of hydrogen-bond acceptors (Lipinski definition) is 7. The van der Waals surface area contributed by atoms with Crippen LogP contribution in [0.15, 0.2) is 36.9 Å². The van der Waals surface area contributed by atoms with Crippen molar-refractivity contribution in [3.63, 3.8) is 0 Å². The van der Waals surface area contributed by atoms with E-state index in [0.717, 1.165) is 0 Å². The molecule has 0 spiro atoms. The number of nitrogens with one attached hydrogen (secondary N) is 2. The van der Waals surface area contributed by atoms with Crippen LogP contribution in [0.3, 0.4) is 0 Å². The third-order valence-electron chi connectivity index (χ3n) is 6.80. The summed E-state index contributed by atoms with van der Waals surface area (Å²) in [6.45, 7) is 9.15. The molecule has 1 saturated heterocycles. The van der Waals surface area contributed by atoms with Crippen molar-refractivity contribution in [3.05, 3.63) is 48.3 Å². The van der Waals surface area contributed by atoms with Crippen molar-refractivity contribution in [2.75, 3.05) is 52.5 Å². The van der Waals surface area contributed by atoms with Crippen molar-refractivity contribution >= 4 is 17.9 Å². The standard InChI is InChI=1S/C28H40F4N4O6/c1-6-14-40-25(39)36-13-12-35(17-22(36)16-23(37)33-19-28(30,31)32)26(4,5)24(38)34-18-27(41-7-2,42-8-3)20-10-9-11-21(29)15-20/h6,9-11,15,22H,1,7-8,12-14,16-19H2,2-5H3,(H,33,37)(H,34,38)/t22-/m1/s1. The van der Waals surface area contributed by atoms with Crippen LogP contribution in [0.4, 0.5) is 22.4 Å². The van der Waals surface area contributed by atoms with E-state index in [1.54, 1.807) is 38.7 Å². The zero-order chi connectivity index (χ0) is 31.6. The van der Waals surface area contributed by atoms with E-state index in [1.165, 1.54) is 29.2 Å². The molecule has 1 heterocycles. The summed E-state index contributed by atoms with van der Waals surface area (Å²) in [5, 5.41) is 4.65. The van der Waals surface area contributed by atoms with Crippen LogP contribution < -0.4 is 10.6 Å². The second-order valence-corrected chi connectivity index (χ2v) is 10.1. The van der Waals surface area contributed by atoms with Crippen LogP contribution in [0, 0.1) is 5.82 Å². The van der Waals surface area contributed by atoms with Crippen molar-refractivity contribution in [3.8, 4) is 0 Å². The molecule has 2 rings (SSSR count). The maximum absolute atomic E-state index is 14.1. The first kappa shape index (κ1) is 35.0. The van der Waals surface area contributed by atoms with Crippen molar-refractivity contribution in [2.24, 2.45) is 0 Å². The lowest BCUT2D eigenvalue weighted by atomic mass is 9.96. The molecule has 2 N–H and O–H groups in total. The van der Waals surface area contributed by atoms with E-state index in [-0.39, 0.29) is 46.0 Å². The number of ether oxygens (including phenoxy) is 3. The van der Waals surface area contributed by atoms with Gasteiger partial charge in [0.25, 0.3) is 0 Å². The Hall–Kier alpha value is -3.23. The molecule has 0 saturated carbocycles. The average Bonchev–Trinajstić information content (AvgIpc) is 2.93. The number of benzene rings is 1. The molecule has 236 valence electrons. The van der Waals surface area contributed by atoms with E-state index in [1.807, 2.05) is 5.32 Å². The Morgan fingerprint density at radius 2 is 1.74 bits per heavy atom. The van der Waals surface area contributed by atoms with Crippen molar-refractivity contribution in [2.45, 2.75) is 57.7 Å². The second kappa shape index (κ2) is 15.3. The first-order valence-corrected chi connectivity index (χ1v) is 13.6. The molecule has 1 aromatic carbocycles. The van der Waals surface area contributed by atoms with Gasteiger partial charge in [0, 0.05) is 44.8 Å². The van der Waals surface area contributed by atoms with Crippen molar-refractivity contribution in [1.29, 1.82) is 0 Å². The lowest BCUT2D eigenvalue weighted by Crippen LogP contribution is -2.65. The number of hydrogen-bond donors (Lipinski definition) is 2. The van der Waals surface area contributed by atoms with Gasteiger partial charge in [-0.05, 0) is 39.8 Å². The molecule has 14 heteroatoms. The highest BCUT2D eigenvalue weighted by Gasteiger charge is 2.43. The maximum atomic E-state index is 14.1. The minimum Gasteiger partial charge on any atom is -0.445 e. The lowest BCUT2D eigenvalue weighted by Gasteiger charge is -2.46. The van der Waals surface area contributed by atoms with Gasteiger partial charge < -0.3 is 29.7 Å². The number of carbonyl (C=O) groups is 3. The number of halogens is 4. The normalized spacial score (nSPS) is 16.6. The third kappa shape index (κ3) is 9.66. The monoisotopic (exact) mass is 604 g/mol. The van der Waals surface area contributed by atoms with Crippen molar-refractivity contribution < 1.29 is 46.2 Å². The van der Waals surface area contributed by atoms with Crippen LogP contribution in [0.1, 0.15) is 39.7 Å². The molecular weight excluding hydrogens is 564 g/mol. The van der Waals surface area contributed by atoms with Crippen LogP contribution in [-0.2, 0) is 29.6 Å². The molecule has 0 unspecified atom stereocenters.